The minimum Gasteiger partial charge on any atom is -0.478 e. The molecule has 0 aliphatic rings. The van der Waals surface area contributed by atoms with Gasteiger partial charge in [-0.05, 0) is 25.0 Å². The maximum Gasteiger partial charge on any atom is 0.387 e. The van der Waals surface area contributed by atoms with E-state index in [0.717, 1.165) is 0 Å². The third-order valence-corrected chi connectivity index (χ3v) is 2.51. The quantitative estimate of drug-likeness (QED) is 0.515. The fraction of sp³-hybridized carbons (Fsp3) is 0.214. The molecule has 0 atom stereocenters. The Hall–Kier alpha value is -2.63. The maximum absolute atomic E-state index is 11.8. The standard InChI is InChI=1S/C14H14O6/c1-4-9-6-5-7-10(11(9)12(15)16)14(18)20-19-13(17)8(2)3/h5-7H,2,4H2,1,3H3,(H,15,16). The lowest BCUT2D eigenvalue weighted by atomic mass is 9.99. The van der Waals surface area contributed by atoms with Crippen molar-refractivity contribution in [2.75, 3.05) is 0 Å². The van der Waals surface area contributed by atoms with Crippen LogP contribution in [0.1, 0.15) is 40.1 Å². The molecule has 0 unspecified atom stereocenters. The van der Waals surface area contributed by atoms with Crippen LogP contribution < -0.4 is 0 Å². The molecule has 0 bridgehead atoms. The van der Waals surface area contributed by atoms with Crippen LogP contribution in [0.2, 0.25) is 0 Å². The molecule has 1 rings (SSSR count). The van der Waals surface area contributed by atoms with E-state index in [-0.39, 0.29) is 16.7 Å². The number of carbonyl (C=O) groups excluding carboxylic acids is 2. The van der Waals surface area contributed by atoms with Gasteiger partial charge >= 0.3 is 17.9 Å². The molecule has 0 radical (unpaired) electrons. The fourth-order valence-corrected chi connectivity index (χ4v) is 1.51. The molecule has 1 aromatic carbocycles. The summed E-state index contributed by atoms with van der Waals surface area (Å²) >= 11 is 0. The predicted molar refractivity (Wildman–Crippen MR) is 69.1 cm³/mol. The first-order valence-electron chi connectivity index (χ1n) is 5.82. The number of carboxylic acid groups (broad SMARTS) is 1. The summed E-state index contributed by atoms with van der Waals surface area (Å²) in [7, 11) is 0. The number of aromatic carboxylic acids is 1. The van der Waals surface area contributed by atoms with Crippen molar-refractivity contribution in [1.82, 2.24) is 0 Å². The topological polar surface area (TPSA) is 89.9 Å². The molecule has 0 saturated carbocycles. The van der Waals surface area contributed by atoms with E-state index in [0.29, 0.717) is 12.0 Å². The Morgan fingerprint density at radius 1 is 1.25 bits per heavy atom. The van der Waals surface area contributed by atoms with Crippen molar-refractivity contribution in [3.8, 4) is 0 Å². The van der Waals surface area contributed by atoms with E-state index in [9.17, 15) is 14.4 Å². The first-order chi connectivity index (χ1) is 9.38. The molecule has 0 amide bonds. The molecule has 1 N–H and O–H groups in total. The van der Waals surface area contributed by atoms with Gasteiger partial charge in [0.1, 0.15) is 0 Å². The van der Waals surface area contributed by atoms with Crippen LogP contribution in [0.5, 0.6) is 0 Å². The zero-order chi connectivity index (χ0) is 15.3. The highest BCUT2D eigenvalue weighted by molar-refractivity contribution is 6.03. The third-order valence-electron chi connectivity index (χ3n) is 2.51. The minimum atomic E-state index is -1.25. The number of carbonyl (C=O) groups is 3. The molecule has 20 heavy (non-hydrogen) atoms. The lowest BCUT2D eigenvalue weighted by Crippen LogP contribution is -2.16. The Morgan fingerprint density at radius 2 is 1.90 bits per heavy atom. The second kappa shape index (κ2) is 6.51. The molecule has 106 valence electrons. The van der Waals surface area contributed by atoms with Gasteiger partial charge < -0.3 is 5.11 Å². The van der Waals surface area contributed by atoms with Gasteiger partial charge in [-0.1, -0.05) is 25.6 Å². The summed E-state index contributed by atoms with van der Waals surface area (Å²) in [6, 6.07) is 4.42. The number of hydrogen-bond donors (Lipinski definition) is 1. The van der Waals surface area contributed by atoms with Crippen LogP contribution >= 0.6 is 0 Å². The number of benzene rings is 1. The molecule has 0 aliphatic heterocycles. The second-order valence-corrected chi connectivity index (χ2v) is 4.02. The van der Waals surface area contributed by atoms with Gasteiger partial charge in [0, 0.05) is 5.57 Å². The fourth-order valence-electron chi connectivity index (χ4n) is 1.51. The van der Waals surface area contributed by atoms with Crippen LogP contribution in [0.4, 0.5) is 0 Å². The number of rotatable bonds is 4. The van der Waals surface area contributed by atoms with Gasteiger partial charge in [-0.2, -0.15) is 0 Å². The minimum absolute atomic E-state index is 0.0542. The zero-order valence-corrected chi connectivity index (χ0v) is 11.1. The van der Waals surface area contributed by atoms with Gasteiger partial charge in [0.05, 0.1) is 11.1 Å². The number of aryl methyl sites for hydroxylation is 1. The van der Waals surface area contributed by atoms with Crippen LogP contribution in [0.25, 0.3) is 0 Å². The van der Waals surface area contributed by atoms with E-state index in [1.807, 2.05) is 0 Å². The molecule has 0 aromatic heterocycles. The normalized spacial score (nSPS) is 9.70. The van der Waals surface area contributed by atoms with E-state index in [1.165, 1.54) is 19.1 Å². The zero-order valence-electron chi connectivity index (χ0n) is 11.1. The van der Waals surface area contributed by atoms with Crippen LogP contribution in [-0.4, -0.2) is 23.0 Å². The highest BCUT2D eigenvalue weighted by Crippen LogP contribution is 2.17. The van der Waals surface area contributed by atoms with E-state index >= 15 is 0 Å². The van der Waals surface area contributed by atoms with Crippen molar-refractivity contribution in [1.29, 1.82) is 0 Å². The van der Waals surface area contributed by atoms with E-state index < -0.39 is 17.9 Å². The first kappa shape index (κ1) is 15.4. The van der Waals surface area contributed by atoms with E-state index in [1.54, 1.807) is 13.0 Å². The van der Waals surface area contributed by atoms with Crippen LogP contribution in [0, 0.1) is 0 Å². The van der Waals surface area contributed by atoms with E-state index in [4.69, 9.17) is 5.11 Å². The largest absolute Gasteiger partial charge is 0.478 e. The monoisotopic (exact) mass is 278 g/mol. The van der Waals surface area contributed by atoms with Gasteiger partial charge in [-0.3, -0.25) is 0 Å². The molecule has 0 aliphatic carbocycles. The van der Waals surface area contributed by atoms with Crippen molar-refractivity contribution in [3.63, 3.8) is 0 Å². The average molecular weight is 278 g/mol. The van der Waals surface area contributed by atoms with Crippen LogP contribution in [-0.2, 0) is 21.0 Å². The molecule has 0 saturated heterocycles. The molecule has 0 fully saturated rings. The highest BCUT2D eigenvalue weighted by atomic mass is 17.2. The SMILES string of the molecule is C=C(C)C(=O)OOC(=O)c1cccc(CC)c1C(=O)O. The maximum atomic E-state index is 11.8. The van der Waals surface area contributed by atoms with E-state index in [2.05, 4.69) is 16.4 Å². The van der Waals surface area contributed by atoms with Crippen molar-refractivity contribution >= 4 is 17.9 Å². The Labute approximate surface area is 115 Å². The van der Waals surface area contributed by atoms with Gasteiger partial charge in [0.2, 0.25) is 0 Å². The molecule has 0 spiro atoms. The highest BCUT2D eigenvalue weighted by Gasteiger charge is 2.22. The van der Waals surface area contributed by atoms with Crippen molar-refractivity contribution < 1.29 is 29.3 Å². The number of carboxylic acids is 1. The lowest BCUT2D eigenvalue weighted by molar-refractivity contribution is -0.229. The molecular weight excluding hydrogens is 264 g/mol. The molecule has 0 heterocycles. The average Bonchev–Trinajstić information content (AvgIpc) is 2.42. The Morgan fingerprint density at radius 3 is 2.40 bits per heavy atom. The summed E-state index contributed by atoms with van der Waals surface area (Å²) < 4.78 is 0. The Balaban J connectivity index is 3.01. The molecular formula is C14H14O6. The molecule has 1 aromatic rings. The number of hydrogen-bond acceptors (Lipinski definition) is 5. The third kappa shape index (κ3) is 3.44. The van der Waals surface area contributed by atoms with Crippen molar-refractivity contribution in [2.45, 2.75) is 20.3 Å². The summed E-state index contributed by atoms with van der Waals surface area (Å²) in [5.41, 5.74) is 0.203. The summed E-state index contributed by atoms with van der Waals surface area (Å²) in [6.45, 7) is 6.47. The summed E-state index contributed by atoms with van der Waals surface area (Å²) in [6.07, 6.45) is 0.439. The summed E-state index contributed by atoms with van der Waals surface area (Å²) in [5.74, 6) is -3.20. The first-order valence-corrected chi connectivity index (χ1v) is 5.82. The molecule has 6 nitrogen and oxygen atoms in total. The van der Waals surface area contributed by atoms with Crippen molar-refractivity contribution in [3.05, 3.63) is 47.0 Å². The van der Waals surface area contributed by atoms with Crippen molar-refractivity contribution in [2.24, 2.45) is 0 Å². The van der Waals surface area contributed by atoms with Crippen LogP contribution in [0.3, 0.4) is 0 Å². The second-order valence-electron chi connectivity index (χ2n) is 4.02. The van der Waals surface area contributed by atoms with Gasteiger partial charge in [0.25, 0.3) is 0 Å². The van der Waals surface area contributed by atoms with Crippen LogP contribution in [0.15, 0.2) is 30.4 Å². The summed E-state index contributed by atoms with van der Waals surface area (Å²) in [4.78, 5) is 42.7. The van der Waals surface area contributed by atoms with Gasteiger partial charge in [-0.25, -0.2) is 24.2 Å². The predicted octanol–water partition coefficient (Wildman–Crippen LogP) is 2.14. The molecule has 6 heteroatoms. The van der Waals surface area contributed by atoms with Gasteiger partial charge in [-0.15, -0.1) is 0 Å². The Kier molecular flexibility index (Phi) is 5.02. The summed E-state index contributed by atoms with van der Waals surface area (Å²) in [5, 5.41) is 9.16. The smallest absolute Gasteiger partial charge is 0.387 e. The lowest BCUT2D eigenvalue weighted by Gasteiger charge is -2.09. The van der Waals surface area contributed by atoms with Gasteiger partial charge in [0.15, 0.2) is 0 Å². The Bertz CT molecular complexity index is 573.